The van der Waals surface area contributed by atoms with Crippen molar-refractivity contribution in [2.24, 2.45) is 16.8 Å². The van der Waals surface area contributed by atoms with Gasteiger partial charge in [-0.1, -0.05) is 18.2 Å². The third-order valence-electron chi connectivity index (χ3n) is 5.00. The Hall–Kier alpha value is -1.75. The van der Waals surface area contributed by atoms with Crippen LogP contribution in [0.25, 0.3) is 0 Å². The van der Waals surface area contributed by atoms with Gasteiger partial charge in [0.05, 0.1) is 0 Å². The van der Waals surface area contributed by atoms with E-state index >= 15 is 0 Å². The molecule has 2 N–H and O–H groups in total. The van der Waals surface area contributed by atoms with E-state index in [2.05, 4.69) is 50.9 Å². The van der Waals surface area contributed by atoms with Gasteiger partial charge in [0, 0.05) is 52.1 Å². The lowest BCUT2D eigenvalue weighted by atomic mass is 10.1. The van der Waals surface area contributed by atoms with Crippen LogP contribution in [-0.2, 0) is 4.74 Å². The van der Waals surface area contributed by atoms with Crippen LogP contribution in [0.15, 0.2) is 35.3 Å². The molecule has 1 atom stereocenters. The molecular formula is C20H32N4O. The van der Waals surface area contributed by atoms with Crippen molar-refractivity contribution in [3.8, 4) is 0 Å². The summed E-state index contributed by atoms with van der Waals surface area (Å²) in [7, 11) is 1.84. The Bertz CT molecular complexity index is 530. The zero-order valence-electron chi connectivity index (χ0n) is 15.4. The summed E-state index contributed by atoms with van der Waals surface area (Å²) < 4.78 is 5.66. The van der Waals surface area contributed by atoms with E-state index in [1.54, 1.807) is 0 Å². The number of benzene rings is 1. The molecule has 1 saturated carbocycles. The predicted octanol–water partition coefficient (Wildman–Crippen LogP) is 2.49. The van der Waals surface area contributed by atoms with Crippen molar-refractivity contribution in [2.45, 2.75) is 25.7 Å². The summed E-state index contributed by atoms with van der Waals surface area (Å²) in [6.07, 6.45) is 4.97. The van der Waals surface area contributed by atoms with Gasteiger partial charge >= 0.3 is 0 Å². The van der Waals surface area contributed by atoms with Gasteiger partial charge in [-0.05, 0) is 49.7 Å². The van der Waals surface area contributed by atoms with Crippen LogP contribution in [0.2, 0.25) is 0 Å². The molecule has 0 radical (unpaired) electrons. The molecule has 0 aromatic heterocycles. The molecule has 1 aliphatic carbocycles. The minimum absolute atomic E-state index is 0.667. The SMILES string of the molecule is CN=C(NCCCOCC1CC1)NCC1CCN(c2ccccc2)C1. The Morgan fingerprint density at radius 2 is 2.00 bits per heavy atom. The van der Waals surface area contributed by atoms with E-state index in [9.17, 15) is 0 Å². The number of anilines is 1. The zero-order valence-corrected chi connectivity index (χ0v) is 15.4. The summed E-state index contributed by atoms with van der Waals surface area (Å²) in [5.41, 5.74) is 1.33. The first kappa shape index (κ1) is 18.1. The molecule has 0 amide bonds. The second kappa shape index (κ2) is 9.66. The maximum Gasteiger partial charge on any atom is 0.190 e. The first-order valence-corrected chi connectivity index (χ1v) is 9.67. The average molecular weight is 345 g/mol. The Kier molecular flexibility index (Phi) is 6.98. The van der Waals surface area contributed by atoms with Crippen LogP contribution in [0.3, 0.4) is 0 Å². The second-order valence-corrected chi connectivity index (χ2v) is 7.19. The highest BCUT2D eigenvalue weighted by atomic mass is 16.5. The summed E-state index contributed by atoms with van der Waals surface area (Å²) in [4.78, 5) is 6.79. The quantitative estimate of drug-likeness (QED) is 0.410. The molecule has 1 aromatic carbocycles. The molecule has 1 heterocycles. The van der Waals surface area contributed by atoms with Crippen LogP contribution in [0, 0.1) is 11.8 Å². The van der Waals surface area contributed by atoms with E-state index in [0.29, 0.717) is 5.92 Å². The van der Waals surface area contributed by atoms with Crippen molar-refractivity contribution in [1.82, 2.24) is 10.6 Å². The van der Waals surface area contributed by atoms with Crippen molar-refractivity contribution in [3.05, 3.63) is 30.3 Å². The van der Waals surface area contributed by atoms with E-state index in [0.717, 1.165) is 57.7 Å². The molecular weight excluding hydrogens is 312 g/mol. The van der Waals surface area contributed by atoms with Crippen molar-refractivity contribution in [1.29, 1.82) is 0 Å². The Morgan fingerprint density at radius 3 is 2.76 bits per heavy atom. The number of guanidine groups is 1. The summed E-state index contributed by atoms with van der Waals surface area (Å²) in [6, 6.07) is 10.7. The summed E-state index contributed by atoms with van der Waals surface area (Å²) >= 11 is 0. The number of hydrogen-bond acceptors (Lipinski definition) is 3. The van der Waals surface area contributed by atoms with Gasteiger partial charge in [0.15, 0.2) is 5.96 Å². The largest absolute Gasteiger partial charge is 0.381 e. The molecule has 1 saturated heterocycles. The minimum atomic E-state index is 0.667. The van der Waals surface area contributed by atoms with E-state index < -0.39 is 0 Å². The number of para-hydroxylation sites is 1. The van der Waals surface area contributed by atoms with Crippen molar-refractivity contribution < 1.29 is 4.74 Å². The fraction of sp³-hybridized carbons (Fsp3) is 0.650. The van der Waals surface area contributed by atoms with Crippen molar-refractivity contribution >= 4 is 11.6 Å². The molecule has 1 aliphatic heterocycles. The normalized spacial score (nSPS) is 20.8. The molecule has 2 aliphatic rings. The van der Waals surface area contributed by atoms with Gasteiger partial charge in [0.1, 0.15) is 0 Å². The molecule has 5 heteroatoms. The standard InChI is InChI=1S/C20H32N4O/c1-21-20(22-11-5-13-25-16-17-8-9-17)23-14-18-10-12-24(15-18)19-6-3-2-4-7-19/h2-4,6-7,17-18H,5,8-16H2,1H3,(H2,21,22,23). The lowest BCUT2D eigenvalue weighted by Gasteiger charge is -2.19. The smallest absolute Gasteiger partial charge is 0.190 e. The zero-order chi connectivity index (χ0) is 17.3. The van der Waals surface area contributed by atoms with Crippen LogP contribution in [0.4, 0.5) is 5.69 Å². The lowest BCUT2D eigenvalue weighted by Crippen LogP contribution is -2.40. The molecule has 1 unspecified atom stereocenters. The van der Waals surface area contributed by atoms with E-state index in [1.165, 1.54) is 24.9 Å². The maximum atomic E-state index is 5.66. The van der Waals surface area contributed by atoms with Crippen LogP contribution < -0.4 is 15.5 Å². The summed E-state index contributed by atoms with van der Waals surface area (Å²) in [5.74, 6) is 2.42. The Labute approximate surface area is 151 Å². The number of nitrogens with zero attached hydrogens (tertiary/aromatic N) is 2. The summed E-state index contributed by atoms with van der Waals surface area (Å²) in [5, 5.41) is 6.86. The molecule has 0 spiro atoms. The first-order chi connectivity index (χ1) is 12.3. The number of rotatable bonds is 9. The number of ether oxygens (including phenoxy) is 1. The molecule has 2 fully saturated rings. The van der Waals surface area contributed by atoms with Crippen molar-refractivity contribution in [2.75, 3.05) is 51.3 Å². The third-order valence-corrected chi connectivity index (χ3v) is 5.00. The molecule has 25 heavy (non-hydrogen) atoms. The summed E-state index contributed by atoms with van der Waals surface area (Å²) in [6.45, 7) is 5.93. The average Bonchev–Trinajstić information content (AvgIpc) is 3.36. The van der Waals surface area contributed by atoms with Crippen molar-refractivity contribution in [3.63, 3.8) is 0 Å². The molecule has 5 nitrogen and oxygen atoms in total. The third kappa shape index (κ3) is 6.24. The van der Waals surface area contributed by atoms with Crippen LogP contribution >= 0.6 is 0 Å². The maximum absolute atomic E-state index is 5.66. The van der Waals surface area contributed by atoms with Gasteiger partial charge in [0.2, 0.25) is 0 Å². The van der Waals surface area contributed by atoms with Gasteiger partial charge in [-0.2, -0.15) is 0 Å². The van der Waals surface area contributed by atoms with Crippen LogP contribution in [0.1, 0.15) is 25.7 Å². The van der Waals surface area contributed by atoms with E-state index in [4.69, 9.17) is 4.74 Å². The number of hydrogen-bond donors (Lipinski definition) is 2. The fourth-order valence-corrected chi connectivity index (χ4v) is 3.25. The topological polar surface area (TPSA) is 48.9 Å². The Balaban J connectivity index is 1.27. The second-order valence-electron chi connectivity index (χ2n) is 7.19. The predicted molar refractivity (Wildman–Crippen MR) is 104 cm³/mol. The molecule has 3 rings (SSSR count). The van der Waals surface area contributed by atoms with E-state index in [1.807, 2.05) is 7.05 Å². The Morgan fingerprint density at radius 1 is 1.16 bits per heavy atom. The van der Waals surface area contributed by atoms with Gasteiger partial charge in [-0.25, -0.2) is 0 Å². The minimum Gasteiger partial charge on any atom is -0.381 e. The highest BCUT2D eigenvalue weighted by Crippen LogP contribution is 2.28. The van der Waals surface area contributed by atoms with E-state index in [-0.39, 0.29) is 0 Å². The number of nitrogens with one attached hydrogen (secondary N) is 2. The fourth-order valence-electron chi connectivity index (χ4n) is 3.25. The van der Waals surface area contributed by atoms with Crippen LogP contribution in [0.5, 0.6) is 0 Å². The molecule has 138 valence electrons. The molecule has 1 aromatic rings. The van der Waals surface area contributed by atoms with Gasteiger partial charge < -0.3 is 20.3 Å². The van der Waals surface area contributed by atoms with Crippen LogP contribution in [-0.4, -0.2) is 52.4 Å². The molecule has 0 bridgehead atoms. The highest BCUT2D eigenvalue weighted by Gasteiger charge is 2.22. The number of aliphatic imine (C=N–C) groups is 1. The lowest BCUT2D eigenvalue weighted by molar-refractivity contribution is 0.123. The van der Waals surface area contributed by atoms with Gasteiger partial charge in [-0.15, -0.1) is 0 Å². The van der Waals surface area contributed by atoms with Gasteiger partial charge in [0.25, 0.3) is 0 Å². The van der Waals surface area contributed by atoms with Gasteiger partial charge in [-0.3, -0.25) is 4.99 Å². The highest BCUT2D eigenvalue weighted by molar-refractivity contribution is 5.79. The first-order valence-electron chi connectivity index (χ1n) is 9.67. The monoisotopic (exact) mass is 344 g/mol.